The lowest BCUT2D eigenvalue weighted by Crippen LogP contribution is -2.41. The standard InChI is InChI=1S/C12H19N3O3S/c1-15(9-12(16)5-2-3-6-12)19(17,18)10-4-7-14-11(13)8-10/h4,7-8,16H,2-3,5-6,9H2,1H3,(H2,13,14). The molecule has 1 saturated carbocycles. The molecule has 6 nitrogen and oxygen atoms in total. The number of nitrogens with two attached hydrogens (primary N) is 1. The minimum atomic E-state index is -3.63. The first-order chi connectivity index (χ1) is 8.83. The van der Waals surface area contributed by atoms with Gasteiger partial charge in [0.2, 0.25) is 10.0 Å². The lowest BCUT2D eigenvalue weighted by Gasteiger charge is -2.28. The monoisotopic (exact) mass is 285 g/mol. The van der Waals surface area contributed by atoms with Crippen LogP contribution in [0.25, 0.3) is 0 Å². The predicted octanol–water partition coefficient (Wildman–Crippen LogP) is 0.589. The van der Waals surface area contributed by atoms with E-state index in [0.717, 1.165) is 12.8 Å². The Bertz CT molecular complexity index is 553. The van der Waals surface area contributed by atoms with Crippen molar-refractivity contribution in [3.8, 4) is 0 Å². The van der Waals surface area contributed by atoms with E-state index in [1.54, 1.807) is 0 Å². The van der Waals surface area contributed by atoms with Crippen LogP contribution in [0.4, 0.5) is 5.82 Å². The number of aliphatic hydroxyl groups is 1. The molecule has 0 amide bonds. The molecular weight excluding hydrogens is 266 g/mol. The summed E-state index contributed by atoms with van der Waals surface area (Å²) in [6.45, 7) is 0.109. The van der Waals surface area contributed by atoms with Crippen molar-refractivity contribution >= 4 is 15.8 Å². The van der Waals surface area contributed by atoms with E-state index in [0.29, 0.717) is 12.8 Å². The molecule has 2 rings (SSSR count). The number of nitrogens with zero attached hydrogens (tertiary/aromatic N) is 2. The summed E-state index contributed by atoms with van der Waals surface area (Å²) in [6.07, 6.45) is 4.52. The Labute approximate surface area is 113 Å². The van der Waals surface area contributed by atoms with Crippen LogP contribution in [0.5, 0.6) is 0 Å². The van der Waals surface area contributed by atoms with Gasteiger partial charge in [-0.05, 0) is 18.9 Å². The highest BCUT2D eigenvalue weighted by Crippen LogP contribution is 2.31. The maximum Gasteiger partial charge on any atom is 0.243 e. The molecule has 1 aliphatic carbocycles. The summed E-state index contributed by atoms with van der Waals surface area (Å²) >= 11 is 0. The van der Waals surface area contributed by atoms with Crippen molar-refractivity contribution in [1.29, 1.82) is 0 Å². The third-order valence-corrected chi connectivity index (χ3v) is 5.31. The number of sulfonamides is 1. The molecule has 0 saturated heterocycles. The highest BCUT2D eigenvalue weighted by molar-refractivity contribution is 7.89. The molecule has 1 aliphatic rings. The number of hydrogen-bond donors (Lipinski definition) is 2. The van der Waals surface area contributed by atoms with Gasteiger partial charge in [-0.2, -0.15) is 4.31 Å². The highest BCUT2D eigenvalue weighted by atomic mass is 32.2. The van der Waals surface area contributed by atoms with Crippen molar-refractivity contribution in [2.45, 2.75) is 36.2 Å². The zero-order chi connectivity index (χ0) is 14.1. The third-order valence-electron chi connectivity index (χ3n) is 3.51. The summed E-state index contributed by atoms with van der Waals surface area (Å²) in [7, 11) is -2.16. The molecule has 0 radical (unpaired) electrons. The van der Waals surface area contributed by atoms with Crippen molar-refractivity contribution in [2.24, 2.45) is 0 Å². The Morgan fingerprint density at radius 1 is 1.47 bits per heavy atom. The fourth-order valence-electron chi connectivity index (χ4n) is 2.46. The Morgan fingerprint density at radius 2 is 2.11 bits per heavy atom. The van der Waals surface area contributed by atoms with Gasteiger partial charge in [-0.1, -0.05) is 12.8 Å². The van der Waals surface area contributed by atoms with Crippen molar-refractivity contribution in [3.05, 3.63) is 18.3 Å². The van der Waals surface area contributed by atoms with E-state index in [4.69, 9.17) is 5.73 Å². The first kappa shape index (κ1) is 14.2. The number of rotatable bonds is 4. The molecule has 106 valence electrons. The van der Waals surface area contributed by atoms with Gasteiger partial charge >= 0.3 is 0 Å². The molecule has 1 heterocycles. The molecule has 0 aromatic carbocycles. The van der Waals surface area contributed by atoms with Crippen LogP contribution in [-0.4, -0.2) is 42.0 Å². The molecule has 0 bridgehead atoms. The minimum absolute atomic E-state index is 0.101. The molecule has 1 aromatic heterocycles. The van der Waals surface area contributed by atoms with Crippen molar-refractivity contribution in [3.63, 3.8) is 0 Å². The fourth-order valence-corrected chi connectivity index (χ4v) is 3.73. The molecule has 3 N–H and O–H groups in total. The molecule has 1 fully saturated rings. The summed E-state index contributed by atoms with van der Waals surface area (Å²) in [5.41, 5.74) is 4.60. The summed E-state index contributed by atoms with van der Waals surface area (Å²) < 4.78 is 25.9. The molecule has 0 unspecified atom stereocenters. The number of anilines is 1. The summed E-state index contributed by atoms with van der Waals surface area (Å²) in [4.78, 5) is 3.88. The second kappa shape index (κ2) is 5.07. The highest BCUT2D eigenvalue weighted by Gasteiger charge is 2.35. The van der Waals surface area contributed by atoms with Crippen LogP contribution in [0.1, 0.15) is 25.7 Å². The summed E-state index contributed by atoms with van der Waals surface area (Å²) in [5.74, 6) is 0.161. The van der Waals surface area contributed by atoms with Crippen LogP contribution in [0.2, 0.25) is 0 Å². The van der Waals surface area contributed by atoms with Crippen molar-refractivity contribution in [1.82, 2.24) is 9.29 Å². The lowest BCUT2D eigenvalue weighted by molar-refractivity contribution is 0.0333. The van der Waals surface area contributed by atoms with Gasteiger partial charge in [0.05, 0.1) is 10.5 Å². The van der Waals surface area contributed by atoms with Gasteiger partial charge in [-0.25, -0.2) is 13.4 Å². The quantitative estimate of drug-likeness (QED) is 0.844. The number of hydrogen-bond acceptors (Lipinski definition) is 5. The average molecular weight is 285 g/mol. The second-order valence-corrected chi connectivity index (χ2v) is 7.15. The van der Waals surface area contributed by atoms with Gasteiger partial charge < -0.3 is 10.8 Å². The van der Waals surface area contributed by atoms with E-state index >= 15 is 0 Å². The van der Waals surface area contributed by atoms with Crippen LogP contribution in [0.15, 0.2) is 23.2 Å². The fraction of sp³-hybridized carbons (Fsp3) is 0.583. The van der Waals surface area contributed by atoms with E-state index in [2.05, 4.69) is 4.98 Å². The van der Waals surface area contributed by atoms with Crippen LogP contribution in [0, 0.1) is 0 Å². The Hall–Kier alpha value is -1.18. The Balaban J connectivity index is 2.19. The Morgan fingerprint density at radius 3 is 2.68 bits per heavy atom. The van der Waals surface area contributed by atoms with E-state index in [1.165, 1.54) is 29.7 Å². The van der Waals surface area contributed by atoms with Gasteiger partial charge in [0.1, 0.15) is 5.82 Å². The number of nitrogen functional groups attached to an aromatic ring is 1. The van der Waals surface area contributed by atoms with Gasteiger partial charge in [0, 0.05) is 25.9 Å². The van der Waals surface area contributed by atoms with E-state index in [1.807, 2.05) is 0 Å². The third kappa shape index (κ3) is 3.05. The largest absolute Gasteiger partial charge is 0.389 e. The molecule has 7 heteroatoms. The average Bonchev–Trinajstić information content (AvgIpc) is 2.75. The lowest BCUT2D eigenvalue weighted by atomic mass is 10.0. The van der Waals surface area contributed by atoms with E-state index in [9.17, 15) is 13.5 Å². The molecule has 0 atom stereocenters. The zero-order valence-corrected chi connectivity index (χ0v) is 11.7. The topological polar surface area (TPSA) is 96.5 Å². The number of pyridine rings is 1. The van der Waals surface area contributed by atoms with E-state index < -0.39 is 15.6 Å². The first-order valence-corrected chi connectivity index (χ1v) is 7.68. The van der Waals surface area contributed by atoms with Gasteiger partial charge in [-0.3, -0.25) is 0 Å². The predicted molar refractivity (Wildman–Crippen MR) is 71.9 cm³/mol. The van der Waals surface area contributed by atoms with Gasteiger partial charge in [-0.15, -0.1) is 0 Å². The van der Waals surface area contributed by atoms with Crippen molar-refractivity contribution < 1.29 is 13.5 Å². The molecule has 19 heavy (non-hydrogen) atoms. The summed E-state index contributed by atoms with van der Waals surface area (Å²) in [5, 5.41) is 10.3. The summed E-state index contributed by atoms with van der Waals surface area (Å²) in [6, 6.07) is 2.73. The maximum atomic E-state index is 12.3. The Kier molecular flexibility index (Phi) is 3.80. The molecule has 0 spiro atoms. The van der Waals surface area contributed by atoms with Gasteiger partial charge in [0.25, 0.3) is 0 Å². The maximum absolute atomic E-state index is 12.3. The van der Waals surface area contributed by atoms with Crippen LogP contribution in [0.3, 0.4) is 0 Å². The first-order valence-electron chi connectivity index (χ1n) is 6.24. The number of aromatic nitrogens is 1. The number of likely N-dealkylation sites (N-methyl/N-ethyl adjacent to an activating group) is 1. The SMILES string of the molecule is CN(CC1(O)CCCC1)S(=O)(=O)c1ccnc(N)c1. The van der Waals surface area contributed by atoms with E-state index in [-0.39, 0.29) is 17.3 Å². The van der Waals surface area contributed by atoms with Crippen molar-refractivity contribution in [2.75, 3.05) is 19.3 Å². The van der Waals surface area contributed by atoms with Gasteiger partial charge in [0.15, 0.2) is 0 Å². The van der Waals surface area contributed by atoms with Crippen LogP contribution < -0.4 is 5.73 Å². The molecular formula is C12H19N3O3S. The minimum Gasteiger partial charge on any atom is -0.389 e. The molecule has 0 aliphatic heterocycles. The van der Waals surface area contributed by atoms with Crippen LogP contribution in [-0.2, 0) is 10.0 Å². The zero-order valence-electron chi connectivity index (χ0n) is 10.9. The van der Waals surface area contributed by atoms with Crippen LogP contribution >= 0.6 is 0 Å². The normalized spacial score (nSPS) is 18.9. The smallest absolute Gasteiger partial charge is 0.243 e. The second-order valence-electron chi connectivity index (χ2n) is 5.11. The molecule has 1 aromatic rings.